The van der Waals surface area contributed by atoms with Gasteiger partial charge in [0.1, 0.15) is 0 Å². The molecule has 1 aromatic rings. The minimum absolute atomic E-state index is 0.637. The van der Waals surface area contributed by atoms with Crippen LogP contribution in [-0.4, -0.2) is 11.2 Å². The second-order valence-corrected chi connectivity index (χ2v) is 3.26. The number of benzene rings is 1. The van der Waals surface area contributed by atoms with Crippen LogP contribution >= 0.6 is 0 Å². The van der Waals surface area contributed by atoms with E-state index in [1.807, 2.05) is 37.3 Å². The van der Waals surface area contributed by atoms with Crippen LogP contribution in [0.1, 0.15) is 18.9 Å². The summed E-state index contributed by atoms with van der Waals surface area (Å²) >= 11 is 2.92. The summed E-state index contributed by atoms with van der Waals surface area (Å²) in [6.07, 6.45) is 0.772. The third-order valence-electron chi connectivity index (χ3n) is 1.65. The van der Waals surface area contributed by atoms with Gasteiger partial charge in [0.2, 0.25) is 0 Å². The van der Waals surface area contributed by atoms with Crippen molar-refractivity contribution in [1.29, 1.82) is 0 Å². The maximum absolute atomic E-state index is 5.49. The van der Waals surface area contributed by atoms with Crippen LogP contribution < -0.4 is 0 Å². The van der Waals surface area contributed by atoms with Crippen molar-refractivity contribution in [3.63, 3.8) is 0 Å². The van der Waals surface area contributed by atoms with Gasteiger partial charge in [0.15, 0.2) is 0 Å². The summed E-state index contributed by atoms with van der Waals surface area (Å²) in [4.78, 5) is 0. The van der Waals surface area contributed by atoms with E-state index in [9.17, 15) is 0 Å². The average Bonchev–Trinajstić information content (AvgIpc) is 2.25. The van der Waals surface area contributed by atoms with Gasteiger partial charge in [-0.05, 0) is 0 Å². The molecule has 72 valence electrons. The van der Waals surface area contributed by atoms with E-state index in [2.05, 4.69) is 27.7 Å². The van der Waals surface area contributed by atoms with Crippen molar-refractivity contribution in [2.75, 3.05) is 6.61 Å². The van der Waals surface area contributed by atoms with E-state index in [4.69, 9.17) is 4.74 Å². The predicted molar refractivity (Wildman–Crippen MR) is 54.6 cm³/mol. The third kappa shape index (κ3) is 3.90. The first-order chi connectivity index (χ1) is 6.84. The van der Waals surface area contributed by atoms with Crippen LogP contribution in [0.3, 0.4) is 0 Å². The number of hydrogen-bond acceptors (Lipinski definition) is 1. The molecule has 1 aromatic carbocycles. The summed E-state index contributed by atoms with van der Waals surface area (Å²) in [6, 6.07) is 9.98. The first-order valence-corrected chi connectivity index (χ1v) is 5.10. The Kier molecular flexibility index (Phi) is 5.27. The van der Waals surface area contributed by atoms with Crippen molar-refractivity contribution in [2.24, 2.45) is 0 Å². The van der Waals surface area contributed by atoms with Crippen molar-refractivity contribution < 1.29 is 20.6 Å². The van der Waals surface area contributed by atoms with Gasteiger partial charge in [0, 0.05) is 0 Å². The summed E-state index contributed by atoms with van der Waals surface area (Å²) in [5.41, 5.74) is 1.08. The third-order valence-corrected chi connectivity index (χ3v) is 2.20. The van der Waals surface area contributed by atoms with Gasteiger partial charge in [0.05, 0.1) is 0 Å². The molecule has 0 saturated carbocycles. The maximum atomic E-state index is 5.49. The zero-order chi connectivity index (χ0) is 10.2. The molecule has 0 aromatic heterocycles. The quantitative estimate of drug-likeness (QED) is 0.562. The molecular formula is C12H12CrO. The van der Waals surface area contributed by atoms with Crippen molar-refractivity contribution in [3.8, 4) is 11.8 Å². The summed E-state index contributed by atoms with van der Waals surface area (Å²) in [7, 11) is 0. The SMILES string of the molecule is CC#CCCO[C](=[Cr])c1ccccc1. The van der Waals surface area contributed by atoms with Crippen LogP contribution in [0.2, 0.25) is 0 Å². The zero-order valence-electron chi connectivity index (χ0n) is 8.12. The van der Waals surface area contributed by atoms with Gasteiger partial charge in [-0.1, -0.05) is 0 Å². The molecule has 0 radical (unpaired) electrons. The summed E-state index contributed by atoms with van der Waals surface area (Å²) in [5, 5.41) is 0. The van der Waals surface area contributed by atoms with Gasteiger partial charge in [-0.25, -0.2) is 0 Å². The summed E-state index contributed by atoms with van der Waals surface area (Å²) < 4.78 is 6.33. The molecule has 0 atom stereocenters. The molecule has 0 bridgehead atoms. The Morgan fingerprint density at radius 3 is 2.71 bits per heavy atom. The Labute approximate surface area is 93.1 Å². The Balaban J connectivity index is 2.39. The Bertz CT molecular complexity index is 346. The van der Waals surface area contributed by atoms with E-state index >= 15 is 0 Å². The van der Waals surface area contributed by atoms with E-state index in [0.717, 1.165) is 16.6 Å². The molecule has 0 spiro atoms. The molecular weight excluding hydrogens is 212 g/mol. The van der Waals surface area contributed by atoms with Gasteiger partial charge in [0.25, 0.3) is 0 Å². The molecule has 0 N–H and O–H groups in total. The zero-order valence-corrected chi connectivity index (χ0v) is 9.39. The number of ether oxygens (including phenoxy) is 1. The molecule has 0 saturated heterocycles. The van der Waals surface area contributed by atoms with Gasteiger partial charge in [-0.3, -0.25) is 0 Å². The monoisotopic (exact) mass is 224 g/mol. The van der Waals surface area contributed by atoms with Gasteiger partial charge in [-0.15, -0.1) is 0 Å². The summed E-state index contributed by atoms with van der Waals surface area (Å²) in [6.45, 7) is 2.47. The first kappa shape index (κ1) is 11.2. The second-order valence-electron chi connectivity index (χ2n) is 2.68. The van der Waals surface area contributed by atoms with Crippen molar-refractivity contribution >= 4 is 4.57 Å². The predicted octanol–water partition coefficient (Wildman–Crippen LogP) is 2.14. The standard InChI is InChI=1S/C12H12O.Cr/c1-2-3-7-10-13-11-12-8-5-4-6-9-12;/h4-6,8-9H,7,10H2,1H3;. The van der Waals surface area contributed by atoms with Crippen LogP contribution in [-0.2, 0) is 20.6 Å². The van der Waals surface area contributed by atoms with Gasteiger partial charge >= 0.3 is 92.8 Å². The van der Waals surface area contributed by atoms with Crippen molar-refractivity contribution in [1.82, 2.24) is 0 Å². The molecule has 0 fully saturated rings. The van der Waals surface area contributed by atoms with E-state index in [0.29, 0.717) is 6.61 Å². The van der Waals surface area contributed by atoms with Crippen LogP contribution in [0.15, 0.2) is 30.3 Å². The van der Waals surface area contributed by atoms with E-state index in [1.165, 1.54) is 0 Å². The van der Waals surface area contributed by atoms with Crippen molar-refractivity contribution in [3.05, 3.63) is 35.9 Å². The molecule has 1 rings (SSSR count). The second kappa shape index (κ2) is 6.57. The normalized spacial score (nSPS) is 8.93. The van der Waals surface area contributed by atoms with Crippen LogP contribution in [0.4, 0.5) is 0 Å². The van der Waals surface area contributed by atoms with Crippen molar-refractivity contribution in [2.45, 2.75) is 13.3 Å². The number of hydrogen-bond donors (Lipinski definition) is 0. The molecule has 14 heavy (non-hydrogen) atoms. The molecule has 0 aliphatic heterocycles. The van der Waals surface area contributed by atoms with E-state index in [1.54, 1.807) is 0 Å². The fourth-order valence-corrected chi connectivity index (χ4v) is 1.32. The van der Waals surface area contributed by atoms with E-state index in [-0.39, 0.29) is 0 Å². The Hall–Kier alpha value is -0.858. The molecule has 2 heteroatoms. The minimum atomic E-state index is 0.637. The average molecular weight is 224 g/mol. The Morgan fingerprint density at radius 2 is 2.07 bits per heavy atom. The topological polar surface area (TPSA) is 9.23 Å². The fraction of sp³-hybridized carbons (Fsp3) is 0.250. The molecule has 0 aliphatic carbocycles. The molecule has 1 nitrogen and oxygen atoms in total. The van der Waals surface area contributed by atoms with Crippen LogP contribution in [0.5, 0.6) is 0 Å². The van der Waals surface area contributed by atoms with Crippen LogP contribution in [0, 0.1) is 11.8 Å². The van der Waals surface area contributed by atoms with Crippen LogP contribution in [0.25, 0.3) is 0 Å². The number of rotatable bonds is 4. The van der Waals surface area contributed by atoms with Gasteiger partial charge in [-0.2, -0.15) is 0 Å². The Morgan fingerprint density at radius 1 is 1.36 bits per heavy atom. The van der Waals surface area contributed by atoms with E-state index < -0.39 is 0 Å². The van der Waals surface area contributed by atoms with Gasteiger partial charge < -0.3 is 0 Å². The summed E-state index contributed by atoms with van der Waals surface area (Å²) in [5.74, 6) is 5.78. The molecule has 0 heterocycles. The fourth-order valence-electron chi connectivity index (χ4n) is 0.977. The molecule has 0 amide bonds. The first-order valence-electron chi connectivity index (χ1n) is 4.46. The molecule has 0 unspecified atom stereocenters. The molecule has 0 aliphatic rings.